The Hall–Kier alpha value is -1.86. The van der Waals surface area contributed by atoms with Crippen LogP contribution in [0.15, 0.2) is 33.6 Å². The highest BCUT2D eigenvalue weighted by Gasteiger charge is 2.12. The van der Waals surface area contributed by atoms with Crippen molar-refractivity contribution in [3.05, 3.63) is 34.8 Å². The number of aromatic nitrogens is 2. The minimum Gasteiger partial charge on any atom is -0.423 e. The largest absolute Gasteiger partial charge is 0.488 e. The monoisotopic (exact) mass is 220 g/mol. The van der Waals surface area contributed by atoms with Gasteiger partial charge in [-0.2, -0.15) is 0 Å². The molecule has 0 unspecified atom stereocenters. The molecule has 0 aliphatic rings. The van der Waals surface area contributed by atoms with Crippen LogP contribution in [-0.4, -0.2) is 26.9 Å². The molecule has 0 atom stereocenters. The molecule has 7 heteroatoms. The number of benzene rings is 1. The molecule has 0 saturated heterocycles. The Morgan fingerprint density at radius 3 is 2.38 bits per heavy atom. The van der Waals surface area contributed by atoms with Gasteiger partial charge in [-0.3, -0.25) is 9.09 Å². The third-order valence-corrected chi connectivity index (χ3v) is 2.27. The summed E-state index contributed by atoms with van der Waals surface area (Å²) >= 11 is 0. The van der Waals surface area contributed by atoms with Gasteiger partial charge in [0, 0.05) is 12.6 Å². The van der Waals surface area contributed by atoms with E-state index in [1.165, 1.54) is 4.57 Å². The van der Waals surface area contributed by atoms with E-state index in [1.54, 1.807) is 31.3 Å². The highest BCUT2D eigenvalue weighted by Crippen LogP contribution is 2.12. The summed E-state index contributed by atoms with van der Waals surface area (Å²) in [5, 5.41) is 21.4. The molecule has 0 bridgehead atoms. The molecule has 0 aliphatic heterocycles. The molecule has 16 heavy (non-hydrogen) atoms. The fourth-order valence-electron chi connectivity index (χ4n) is 1.34. The zero-order valence-corrected chi connectivity index (χ0v) is 8.49. The van der Waals surface area contributed by atoms with Gasteiger partial charge in [-0.15, -0.1) is 0 Å². The second-order valence-corrected chi connectivity index (χ2v) is 3.33. The van der Waals surface area contributed by atoms with Crippen molar-refractivity contribution in [3.63, 3.8) is 0 Å². The van der Waals surface area contributed by atoms with Gasteiger partial charge in [-0.25, -0.2) is 4.79 Å². The molecule has 82 valence electrons. The average Bonchev–Trinajstić information content (AvgIpc) is 2.60. The summed E-state index contributed by atoms with van der Waals surface area (Å²) in [5.74, 6) is -0.148. The molecule has 1 aromatic heterocycles. The second kappa shape index (κ2) is 3.95. The van der Waals surface area contributed by atoms with E-state index >= 15 is 0 Å². The van der Waals surface area contributed by atoms with Crippen LogP contribution in [0.2, 0.25) is 0 Å². The Morgan fingerprint density at radius 2 is 1.94 bits per heavy atom. The van der Waals surface area contributed by atoms with Crippen molar-refractivity contribution in [2.75, 3.05) is 0 Å². The Kier molecular flexibility index (Phi) is 2.63. The fraction of sp³-hybridized carbons (Fsp3) is 0.111. The number of hydrogen-bond donors (Lipinski definition) is 2. The topological polar surface area (TPSA) is 88.5 Å². The van der Waals surface area contributed by atoms with Gasteiger partial charge in [-0.05, 0) is 5.46 Å². The molecule has 2 N–H and O–H groups in total. The van der Waals surface area contributed by atoms with Crippen LogP contribution in [0.4, 0.5) is 0 Å². The van der Waals surface area contributed by atoms with Crippen molar-refractivity contribution in [2.24, 2.45) is 7.05 Å². The van der Waals surface area contributed by atoms with Gasteiger partial charge in [0.2, 0.25) is 0 Å². The number of nitrogens with zero attached hydrogens (tertiary/aromatic N) is 2. The SMILES string of the molecule is Cn1c(-c2ccc(B(O)O)cc2)noc1=O. The van der Waals surface area contributed by atoms with Gasteiger partial charge >= 0.3 is 12.9 Å². The first-order valence-corrected chi connectivity index (χ1v) is 4.59. The zero-order chi connectivity index (χ0) is 11.7. The molecule has 2 rings (SSSR count). The molecule has 0 spiro atoms. The summed E-state index contributed by atoms with van der Waals surface area (Å²) in [7, 11) is 0.0401. The molecule has 2 aromatic rings. The van der Waals surface area contributed by atoms with Crippen LogP contribution < -0.4 is 11.2 Å². The fourth-order valence-corrected chi connectivity index (χ4v) is 1.34. The summed E-state index contributed by atoms with van der Waals surface area (Å²) in [4.78, 5) is 11.0. The smallest absolute Gasteiger partial charge is 0.423 e. The third kappa shape index (κ3) is 1.78. The molecule has 0 aliphatic carbocycles. The van der Waals surface area contributed by atoms with Crippen molar-refractivity contribution in [3.8, 4) is 11.4 Å². The molecular weight excluding hydrogens is 211 g/mol. The molecule has 0 amide bonds. The van der Waals surface area contributed by atoms with E-state index in [2.05, 4.69) is 9.68 Å². The molecule has 0 saturated carbocycles. The molecule has 6 nitrogen and oxygen atoms in total. The highest BCUT2D eigenvalue weighted by molar-refractivity contribution is 6.58. The Balaban J connectivity index is 2.42. The van der Waals surface area contributed by atoms with Crippen LogP contribution in [-0.2, 0) is 7.05 Å². The summed E-state index contributed by atoms with van der Waals surface area (Å²) in [6.45, 7) is 0. The quantitative estimate of drug-likeness (QED) is 0.615. The maximum absolute atomic E-state index is 11.0. The van der Waals surface area contributed by atoms with Crippen LogP contribution >= 0.6 is 0 Å². The first-order valence-electron chi connectivity index (χ1n) is 4.59. The van der Waals surface area contributed by atoms with Crippen LogP contribution in [0.3, 0.4) is 0 Å². The standard InChI is InChI=1S/C9H9BN2O4/c1-12-8(11-16-9(12)13)6-2-4-7(5-3-6)10(14)15/h2-5,14-15H,1H3. The normalized spacial score (nSPS) is 10.4. The van der Waals surface area contributed by atoms with E-state index in [1.807, 2.05) is 0 Å². The maximum atomic E-state index is 11.0. The minimum atomic E-state index is -1.50. The number of rotatable bonds is 2. The van der Waals surface area contributed by atoms with Crippen LogP contribution in [0, 0.1) is 0 Å². The lowest BCUT2D eigenvalue weighted by Gasteiger charge is -2.01. The van der Waals surface area contributed by atoms with E-state index in [0.717, 1.165) is 0 Å². The van der Waals surface area contributed by atoms with Gasteiger partial charge in [0.25, 0.3) is 0 Å². The second-order valence-electron chi connectivity index (χ2n) is 3.33. The number of hydrogen-bond acceptors (Lipinski definition) is 5. The lowest BCUT2D eigenvalue weighted by molar-refractivity contribution is 0.380. The minimum absolute atomic E-state index is 0.372. The summed E-state index contributed by atoms with van der Waals surface area (Å²) in [6, 6.07) is 6.34. The van der Waals surface area contributed by atoms with E-state index in [4.69, 9.17) is 10.0 Å². The lowest BCUT2D eigenvalue weighted by Crippen LogP contribution is -2.29. The van der Waals surface area contributed by atoms with Crippen molar-refractivity contribution in [1.29, 1.82) is 0 Å². The predicted octanol–water partition coefficient (Wildman–Crippen LogP) is -1.28. The summed E-state index contributed by atoms with van der Waals surface area (Å²) in [6.07, 6.45) is 0. The van der Waals surface area contributed by atoms with Gasteiger partial charge in [0.05, 0.1) is 0 Å². The van der Waals surface area contributed by atoms with Crippen molar-refractivity contribution >= 4 is 12.6 Å². The molecule has 1 aromatic carbocycles. The Morgan fingerprint density at radius 1 is 1.31 bits per heavy atom. The lowest BCUT2D eigenvalue weighted by atomic mass is 9.80. The summed E-state index contributed by atoms with van der Waals surface area (Å²) < 4.78 is 5.75. The zero-order valence-electron chi connectivity index (χ0n) is 8.49. The van der Waals surface area contributed by atoms with Gasteiger partial charge in [0.1, 0.15) is 0 Å². The van der Waals surface area contributed by atoms with Gasteiger partial charge < -0.3 is 10.0 Å². The summed E-state index contributed by atoms with van der Waals surface area (Å²) in [5.41, 5.74) is 1.04. The van der Waals surface area contributed by atoms with Crippen LogP contribution in [0.5, 0.6) is 0 Å². The maximum Gasteiger partial charge on any atom is 0.488 e. The van der Waals surface area contributed by atoms with Crippen LogP contribution in [0.25, 0.3) is 11.4 Å². The van der Waals surface area contributed by atoms with Crippen molar-refractivity contribution in [2.45, 2.75) is 0 Å². The molecular formula is C9H9BN2O4. The first kappa shape index (κ1) is 10.7. The molecule has 0 radical (unpaired) electrons. The average molecular weight is 220 g/mol. The van der Waals surface area contributed by atoms with Gasteiger partial charge in [-0.1, -0.05) is 29.4 Å². The highest BCUT2D eigenvalue weighted by atomic mass is 16.5. The molecule has 0 fully saturated rings. The van der Waals surface area contributed by atoms with Gasteiger partial charge in [0.15, 0.2) is 5.82 Å². The van der Waals surface area contributed by atoms with Crippen LogP contribution in [0.1, 0.15) is 0 Å². The van der Waals surface area contributed by atoms with E-state index in [-0.39, 0.29) is 0 Å². The Bertz CT molecular complexity index is 543. The Labute approximate surface area is 90.9 Å². The first-order chi connectivity index (χ1) is 7.59. The van der Waals surface area contributed by atoms with E-state index < -0.39 is 12.9 Å². The van der Waals surface area contributed by atoms with Crippen molar-refractivity contribution in [1.82, 2.24) is 9.72 Å². The van der Waals surface area contributed by atoms with Crippen molar-refractivity contribution < 1.29 is 14.6 Å². The predicted molar refractivity (Wildman–Crippen MR) is 57.0 cm³/mol. The van der Waals surface area contributed by atoms with E-state index in [0.29, 0.717) is 16.9 Å². The molecule has 1 heterocycles. The van der Waals surface area contributed by atoms with E-state index in [9.17, 15) is 4.79 Å². The third-order valence-electron chi connectivity index (χ3n) is 2.27.